The van der Waals surface area contributed by atoms with Crippen molar-refractivity contribution in [3.05, 3.63) is 51.7 Å². The number of likely N-dealkylation sites (N-methyl/N-ethyl adjacent to an activating group) is 1. The standard InChI is InChI=1S/C26H32N8OS/c1-15-9-16(7-8-17(15)10-27-23(35)19-11-28-24(36-19)26(2,3)4)20-21-22(30-14-29-20)32-25(31-21)34-12-18(13-34)33(5)6/h7-9,11,14,18H,10,12-13H2,1-6H3,(H,27,35)(H,29,30,31,32). The third-order valence-corrected chi connectivity index (χ3v) is 8.02. The van der Waals surface area contributed by atoms with Gasteiger partial charge in [0.2, 0.25) is 5.95 Å². The highest BCUT2D eigenvalue weighted by molar-refractivity contribution is 7.13. The smallest absolute Gasteiger partial charge is 0.263 e. The summed E-state index contributed by atoms with van der Waals surface area (Å²) in [6.45, 7) is 10.7. The van der Waals surface area contributed by atoms with Crippen molar-refractivity contribution in [2.75, 3.05) is 32.1 Å². The van der Waals surface area contributed by atoms with Crippen molar-refractivity contribution in [3.8, 4) is 11.3 Å². The Morgan fingerprint density at radius 3 is 2.67 bits per heavy atom. The summed E-state index contributed by atoms with van der Waals surface area (Å²) in [6.07, 6.45) is 3.22. The van der Waals surface area contributed by atoms with Crippen LogP contribution >= 0.6 is 11.3 Å². The zero-order valence-electron chi connectivity index (χ0n) is 21.6. The fraction of sp³-hybridized carbons (Fsp3) is 0.423. The Balaban J connectivity index is 1.31. The molecule has 10 heteroatoms. The average Bonchev–Trinajstić information content (AvgIpc) is 3.44. The summed E-state index contributed by atoms with van der Waals surface area (Å²) in [6, 6.07) is 6.71. The van der Waals surface area contributed by atoms with Gasteiger partial charge < -0.3 is 20.1 Å². The number of benzene rings is 1. The summed E-state index contributed by atoms with van der Waals surface area (Å²) in [4.78, 5) is 39.2. The van der Waals surface area contributed by atoms with Gasteiger partial charge in [0.05, 0.1) is 16.9 Å². The van der Waals surface area contributed by atoms with Crippen LogP contribution in [0.2, 0.25) is 0 Å². The summed E-state index contributed by atoms with van der Waals surface area (Å²) in [7, 11) is 4.20. The molecule has 1 fully saturated rings. The Morgan fingerprint density at radius 1 is 1.22 bits per heavy atom. The van der Waals surface area contributed by atoms with E-state index in [9.17, 15) is 4.79 Å². The molecule has 0 unspecified atom stereocenters. The number of rotatable bonds is 6. The molecule has 9 nitrogen and oxygen atoms in total. The second kappa shape index (κ2) is 9.25. The van der Waals surface area contributed by atoms with E-state index in [-0.39, 0.29) is 11.3 Å². The first-order chi connectivity index (χ1) is 17.1. The summed E-state index contributed by atoms with van der Waals surface area (Å²) < 4.78 is 0. The predicted molar refractivity (Wildman–Crippen MR) is 144 cm³/mol. The maximum atomic E-state index is 12.7. The first-order valence-electron chi connectivity index (χ1n) is 12.1. The minimum atomic E-state index is -0.100. The minimum Gasteiger partial charge on any atom is -0.347 e. The van der Waals surface area contributed by atoms with Gasteiger partial charge in [0, 0.05) is 36.7 Å². The first kappa shape index (κ1) is 24.3. The lowest BCUT2D eigenvalue weighted by molar-refractivity contribution is 0.0954. The van der Waals surface area contributed by atoms with Crippen LogP contribution in [0.4, 0.5) is 5.95 Å². The number of hydrogen-bond donors (Lipinski definition) is 2. The number of nitrogens with zero attached hydrogens (tertiary/aromatic N) is 6. The summed E-state index contributed by atoms with van der Waals surface area (Å²) in [5, 5.41) is 3.99. The van der Waals surface area contributed by atoms with E-state index < -0.39 is 0 Å². The zero-order chi connectivity index (χ0) is 25.6. The molecule has 4 aromatic rings. The Bertz CT molecular complexity index is 1410. The zero-order valence-corrected chi connectivity index (χ0v) is 22.4. The topological polar surface area (TPSA) is 103 Å². The van der Waals surface area contributed by atoms with Crippen LogP contribution in [0.15, 0.2) is 30.7 Å². The van der Waals surface area contributed by atoms with Gasteiger partial charge in [-0.1, -0.05) is 32.9 Å². The van der Waals surface area contributed by atoms with Gasteiger partial charge in [0.1, 0.15) is 16.7 Å². The van der Waals surface area contributed by atoms with Gasteiger partial charge in [-0.25, -0.2) is 15.0 Å². The van der Waals surface area contributed by atoms with Crippen LogP contribution in [0.1, 0.15) is 46.6 Å². The molecular formula is C26H32N8OS. The molecule has 0 atom stereocenters. The average molecular weight is 505 g/mol. The van der Waals surface area contributed by atoms with Crippen molar-refractivity contribution < 1.29 is 4.79 Å². The van der Waals surface area contributed by atoms with Crippen LogP contribution in [0, 0.1) is 6.92 Å². The van der Waals surface area contributed by atoms with E-state index in [4.69, 9.17) is 4.98 Å². The molecule has 0 aliphatic carbocycles. The molecule has 5 rings (SSSR count). The molecule has 2 N–H and O–H groups in total. The van der Waals surface area contributed by atoms with E-state index in [1.54, 1.807) is 12.5 Å². The van der Waals surface area contributed by atoms with Crippen LogP contribution < -0.4 is 10.2 Å². The Kier molecular flexibility index (Phi) is 6.25. The monoisotopic (exact) mass is 504 g/mol. The fourth-order valence-corrected chi connectivity index (χ4v) is 5.06. The number of thiazole rings is 1. The third-order valence-electron chi connectivity index (χ3n) is 6.59. The molecule has 36 heavy (non-hydrogen) atoms. The van der Waals surface area contributed by atoms with E-state index in [1.165, 1.54) is 11.3 Å². The van der Waals surface area contributed by atoms with Crippen LogP contribution in [0.25, 0.3) is 22.4 Å². The Hall–Kier alpha value is -3.37. The van der Waals surface area contributed by atoms with Crippen molar-refractivity contribution in [2.45, 2.75) is 45.7 Å². The van der Waals surface area contributed by atoms with Crippen LogP contribution in [0.5, 0.6) is 0 Å². The number of aryl methyl sites for hydroxylation is 1. The normalized spacial score (nSPS) is 14.5. The van der Waals surface area contributed by atoms with E-state index in [0.717, 1.165) is 51.9 Å². The summed E-state index contributed by atoms with van der Waals surface area (Å²) in [5.74, 6) is 0.732. The molecule has 4 heterocycles. The lowest BCUT2D eigenvalue weighted by atomic mass is 9.98. The number of amides is 1. The van der Waals surface area contributed by atoms with Gasteiger partial charge in [-0.2, -0.15) is 4.98 Å². The lowest BCUT2D eigenvalue weighted by Gasteiger charge is -2.42. The highest BCUT2D eigenvalue weighted by Crippen LogP contribution is 2.30. The number of carbonyl (C=O) groups excluding carboxylic acids is 1. The second-order valence-electron chi connectivity index (χ2n) is 10.6. The quantitative estimate of drug-likeness (QED) is 0.412. The highest BCUT2D eigenvalue weighted by atomic mass is 32.1. The fourth-order valence-electron chi connectivity index (χ4n) is 4.17. The molecule has 1 aromatic carbocycles. The van der Waals surface area contributed by atoms with Crippen LogP contribution in [-0.2, 0) is 12.0 Å². The van der Waals surface area contributed by atoms with Crippen LogP contribution in [-0.4, -0.2) is 69.0 Å². The van der Waals surface area contributed by atoms with Crippen molar-refractivity contribution in [1.29, 1.82) is 0 Å². The van der Waals surface area contributed by atoms with Crippen LogP contribution in [0.3, 0.4) is 0 Å². The number of hydrogen-bond acceptors (Lipinski definition) is 8. The van der Waals surface area contributed by atoms with Gasteiger partial charge in [0.25, 0.3) is 5.91 Å². The van der Waals surface area contributed by atoms with Gasteiger partial charge in [-0.15, -0.1) is 11.3 Å². The summed E-state index contributed by atoms with van der Waals surface area (Å²) in [5.41, 5.74) is 5.37. The van der Waals surface area contributed by atoms with Gasteiger partial charge in [0.15, 0.2) is 5.65 Å². The molecular weight excluding hydrogens is 472 g/mol. The number of fused-ring (bicyclic) bond motifs is 1. The number of H-pyrrole nitrogens is 1. The second-order valence-corrected chi connectivity index (χ2v) is 11.6. The molecule has 188 valence electrons. The molecule has 0 spiro atoms. The van der Waals surface area contributed by atoms with E-state index >= 15 is 0 Å². The molecule has 0 saturated carbocycles. The lowest BCUT2D eigenvalue weighted by Crippen LogP contribution is -2.57. The number of aromatic amines is 1. The number of imidazole rings is 1. The maximum absolute atomic E-state index is 12.7. The minimum absolute atomic E-state index is 0.0681. The molecule has 1 saturated heterocycles. The largest absolute Gasteiger partial charge is 0.347 e. The van der Waals surface area contributed by atoms with Crippen molar-refractivity contribution in [1.82, 2.24) is 35.1 Å². The Labute approximate surface area is 215 Å². The molecule has 0 radical (unpaired) electrons. The van der Waals surface area contributed by atoms with Crippen molar-refractivity contribution in [2.24, 2.45) is 0 Å². The first-order valence-corrected chi connectivity index (χ1v) is 12.9. The highest BCUT2D eigenvalue weighted by Gasteiger charge is 2.30. The van der Waals surface area contributed by atoms with Gasteiger partial charge in [-0.3, -0.25) is 4.79 Å². The SMILES string of the molecule is Cc1cc(-c2ncnc3nc(N4CC(N(C)C)C4)[nH]c23)ccc1CNC(=O)c1cnc(C(C)(C)C)s1. The van der Waals surface area contributed by atoms with E-state index in [0.29, 0.717) is 23.1 Å². The number of nitrogens with one attached hydrogen (secondary N) is 2. The van der Waals surface area contributed by atoms with Crippen molar-refractivity contribution in [3.63, 3.8) is 0 Å². The molecule has 0 bridgehead atoms. The summed E-state index contributed by atoms with van der Waals surface area (Å²) >= 11 is 1.45. The van der Waals surface area contributed by atoms with Crippen molar-refractivity contribution >= 4 is 34.4 Å². The molecule has 1 amide bonds. The van der Waals surface area contributed by atoms with E-state index in [2.05, 4.69) is 76.0 Å². The molecule has 3 aromatic heterocycles. The number of anilines is 1. The maximum Gasteiger partial charge on any atom is 0.263 e. The molecule has 1 aliphatic heterocycles. The predicted octanol–water partition coefficient (Wildman–Crippen LogP) is 3.76. The molecule has 1 aliphatic rings. The van der Waals surface area contributed by atoms with Gasteiger partial charge >= 0.3 is 0 Å². The number of aromatic nitrogens is 5. The van der Waals surface area contributed by atoms with E-state index in [1.807, 2.05) is 19.1 Å². The third kappa shape index (κ3) is 4.70. The Morgan fingerprint density at radius 2 is 2.00 bits per heavy atom. The van der Waals surface area contributed by atoms with Gasteiger partial charge in [-0.05, 0) is 38.2 Å². The number of carbonyl (C=O) groups is 1.